The summed E-state index contributed by atoms with van der Waals surface area (Å²) in [5.74, 6) is 0.642. The van der Waals surface area contributed by atoms with Crippen LogP contribution in [0.4, 0.5) is 4.39 Å². The Morgan fingerprint density at radius 3 is 2.63 bits per heavy atom. The molecule has 2 unspecified atom stereocenters. The summed E-state index contributed by atoms with van der Waals surface area (Å²) < 4.78 is 19.2. The van der Waals surface area contributed by atoms with E-state index >= 15 is 0 Å². The van der Waals surface area contributed by atoms with Crippen LogP contribution < -0.4 is 10.1 Å². The number of ether oxygens (including phenoxy) is 1. The molecule has 0 aliphatic rings. The van der Waals surface area contributed by atoms with Crippen LogP contribution in [0.1, 0.15) is 39.2 Å². The van der Waals surface area contributed by atoms with Gasteiger partial charge in [0.25, 0.3) is 0 Å². The quantitative estimate of drug-likeness (QED) is 0.773. The molecule has 19 heavy (non-hydrogen) atoms. The predicted octanol–water partition coefficient (Wildman–Crippen LogP) is 3.79. The van der Waals surface area contributed by atoms with Crippen LogP contribution in [0.25, 0.3) is 0 Å². The van der Waals surface area contributed by atoms with Crippen molar-refractivity contribution in [3.63, 3.8) is 0 Å². The lowest BCUT2D eigenvalue weighted by atomic mass is 9.91. The number of halogens is 1. The summed E-state index contributed by atoms with van der Waals surface area (Å²) >= 11 is 0. The van der Waals surface area contributed by atoms with Crippen molar-refractivity contribution in [3.05, 3.63) is 29.6 Å². The third kappa shape index (κ3) is 4.50. The maximum Gasteiger partial charge on any atom is 0.168 e. The number of methoxy groups -OCH3 is 1. The lowest BCUT2D eigenvalue weighted by molar-refractivity contribution is 0.349. The third-order valence-corrected chi connectivity index (χ3v) is 3.60. The average Bonchev–Trinajstić information content (AvgIpc) is 2.40. The number of likely N-dealkylation sites (N-methyl/N-ethyl adjacent to an activating group) is 1. The minimum Gasteiger partial charge on any atom is -0.494 e. The number of benzene rings is 1. The van der Waals surface area contributed by atoms with E-state index in [-0.39, 0.29) is 5.82 Å². The maximum absolute atomic E-state index is 14.2. The first-order valence-electron chi connectivity index (χ1n) is 7.18. The molecule has 0 aliphatic carbocycles. The van der Waals surface area contributed by atoms with Crippen molar-refractivity contribution in [2.45, 2.75) is 46.1 Å². The van der Waals surface area contributed by atoms with E-state index in [1.807, 2.05) is 12.1 Å². The summed E-state index contributed by atoms with van der Waals surface area (Å²) in [5, 5.41) is 3.47. The normalized spacial score (nSPS) is 14.2. The first-order chi connectivity index (χ1) is 9.13. The lowest BCUT2D eigenvalue weighted by Gasteiger charge is -2.25. The predicted molar refractivity (Wildman–Crippen MR) is 78.2 cm³/mol. The van der Waals surface area contributed by atoms with Crippen molar-refractivity contribution < 1.29 is 9.13 Å². The topological polar surface area (TPSA) is 21.3 Å². The SMILES string of the molecule is CCCC(C)C(Cc1cccc(OC)c1F)NCC. The van der Waals surface area contributed by atoms with Crippen molar-refractivity contribution >= 4 is 0 Å². The van der Waals surface area contributed by atoms with Crippen molar-refractivity contribution in [1.82, 2.24) is 5.32 Å². The van der Waals surface area contributed by atoms with Gasteiger partial charge in [-0.25, -0.2) is 4.39 Å². The minimum atomic E-state index is -0.225. The van der Waals surface area contributed by atoms with Crippen LogP contribution in [0, 0.1) is 11.7 Å². The molecule has 2 nitrogen and oxygen atoms in total. The second-order valence-electron chi connectivity index (χ2n) is 5.07. The molecule has 0 bridgehead atoms. The van der Waals surface area contributed by atoms with Gasteiger partial charge in [0.05, 0.1) is 7.11 Å². The number of hydrogen-bond acceptors (Lipinski definition) is 2. The van der Waals surface area contributed by atoms with E-state index in [1.54, 1.807) is 6.07 Å². The van der Waals surface area contributed by atoms with Crippen LogP contribution in [-0.2, 0) is 6.42 Å². The molecule has 1 N–H and O–H groups in total. The maximum atomic E-state index is 14.2. The van der Waals surface area contributed by atoms with Gasteiger partial charge < -0.3 is 10.1 Å². The van der Waals surface area contributed by atoms with Gasteiger partial charge in [0.1, 0.15) is 0 Å². The Kier molecular flexibility index (Phi) is 6.85. The third-order valence-electron chi connectivity index (χ3n) is 3.60. The summed E-state index contributed by atoms with van der Waals surface area (Å²) in [6, 6.07) is 5.67. The van der Waals surface area contributed by atoms with Gasteiger partial charge in [0.15, 0.2) is 11.6 Å². The zero-order valence-electron chi connectivity index (χ0n) is 12.5. The Bertz CT molecular complexity index is 381. The summed E-state index contributed by atoms with van der Waals surface area (Å²) in [4.78, 5) is 0. The average molecular weight is 267 g/mol. The van der Waals surface area contributed by atoms with E-state index < -0.39 is 0 Å². The molecule has 0 saturated heterocycles. The van der Waals surface area contributed by atoms with Crippen molar-refractivity contribution in [2.24, 2.45) is 5.92 Å². The van der Waals surface area contributed by atoms with Crippen LogP contribution >= 0.6 is 0 Å². The molecule has 2 atom stereocenters. The number of hydrogen-bond donors (Lipinski definition) is 1. The fraction of sp³-hybridized carbons (Fsp3) is 0.625. The molecule has 0 aliphatic heterocycles. The summed E-state index contributed by atoms with van der Waals surface area (Å²) in [7, 11) is 1.50. The Balaban J connectivity index is 2.84. The van der Waals surface area contributed by atoms with E-state index in [0.717, 1.165) is 24.9 Å². The van der Waals surface area contributed by atoms with Gasteiger partial charge in [-0.2, -0.15) is 0 Å². The Hall–Kier alpha value is -1.09. The molecule has 1 aromatic rings. The van der Waals surface area contributed by atoms with Crippen LogP contribution in [0.5, 0.6) is 5.75 Å². The van der Waals surface area contributed by atoms with E-state index in [9.17, 15) is 4.39 Å². The Labute approximate surface area is 116 Å². The summed E-state index contributed by atoms with van der Waals surface area (Å²) in [5.41, 5.74) is 0.730. The van der Waals surface area contributed by atoms with Crippen molar-refractivity contribution in [2.75, 3.05) is 13.7 Å². The van der Waals surface area contributed by atoms with Gasteiger partial charge in [-0.15, -0.1) is 0 Å². The second-order valence-corrected chi connectivity index (χ2v) is 5.07. The second kappa shape index (κ2) is 8.16. The van der Waals surface area contributed by atoms with Crippen molar-refractivity contribution in [3.8, 4) is 5.75 Å². The van der Waals surface area contributed by atoms with Gasteiger partial charge in [-0.05, 0) is 36.9 Å². The molecule has 0 aromatic heterocycles. The van der Waals surface area contributed by atoms with Crippen LogP contribution in [0.3, 0.4) is 0 Å². The summed E-state index contributed by atoms with van der Waals surface area (Å²) in [6.45, 7) is 7.42. The Morgan fingerprint density at radius 2 is 2.05 bits per heavy atom. The highest BCUT2D eigenvalue weighted by Crippen LogP contribution is 2.23. The highest BCUT2D eigenvalue weighted by atomic mass is 19.1. The van der Waals surface area contributed by atoms with E-state index in [1.165, 1.54) is 7.11 Å². The first-order valence-corrected chi connectivity index (χ1v) is 7.18. The van der Waals surface area contributed by atoms with Gasteiger partial charge in [0.2, 0.25) is 0 Å². The molecule has 0 fully saturated rings. The summed E-state index contributed by atoms with van der Waals surface area (Å²) in [6.07, 6.45) is 3.02. The van der Waals surface area contributed by atoms with Crippen LogP contribution in [-0.4, -0.2) is 19.7 Å². The molecule has 1 aromatic carbocycles. The van der Waals surface area contributed by atoms with E-state index in [0.29, 0.717) is 24.1 Å². The molecule has 0 saturated carbocycles. The minimum absolute atomic E-state index is 0.225. The van der Waals surface area contributed by atoms with Crippen LogP contribution in [0.2, 0.25) is 0 Å². The molecule has 108 valence electrons. The molecule has 3 heteroatoms. The van der Waals surface area contributed by atoms with Crippen molar-refractivity contribution in [1.29, 1.82) is 0 Å². The monoisotopic (exact) mass is 267 g/mol. The number of nitrogens with one attached hydrogen (secondary N) is 1. The molecule has 0 spiro atoms. The molecule has 0 amide bonds. The first kappa shape index (κ1) is 16.0. The zero-order chi connectivity index (χ0) is 14.3. The van der Waals surface area contributed by atoms with Gasteiger partial charge in [-0.1, -0.05) is 39.3 Å². The largest absolute Gasteiger partial charge is 0.494 e. The van der Waals surface area contributed by atoms with Gasteiger partial charge >= 0.3 is 0 Å². The molecule has 0 radical (unpaired) electrons. The van der Waals surface area contributed by atoms with E-state index in [4.69, 9.17) is 4.74 Å². The fourth-order valence-electron chi connectivity index (χ4n) is 2.50. The Morgan fingerprint density at radius 1 is 1.32 bits per heavy atom. The standard InChI is InChI=1S/C16H26FNO/c1-5-8-12(3)14(18-6-2)11-13-9-7-10-15(19-4)16(13)17/h7,9-10,12,14,18H,5-6,8,11H2,1-4H3. The lowest BCUT2D eigenvalue weighted by Crippen LogP contribution is -2.37. The number of rotatable bonds is 8. The smallest absolute Gasteiger partial charge is 0.168 e. The highest BCUT2D eigenvalue weighted by Gasteiger charge is 2.19. The molecule has 1 rings (SSSR count). The van der Waals surface area contributed by atoms with Crippen LogP contribution in [0.15, 0.2) is 18.2 Å². The molecular formula is C16H26FNO. The fourth-order valence-corrected chi connectivity index (χ4v) is 2.50. The molecular weight excluding hydrogens is 241 g/mol. The zero-order valence-corrected chi connectivity index (χ0v) is 12.5. The van der Waals surface area contributed by atoms with Gasteiger partial charge in [-0.3, -0.25) is 0 Å². The molecule has 0 heterocycles. The van der Waals surface area contributed by atoms with E-state index in [2.05, 4.69) is 26.1 Å². The highest BCUT2D eigenvalue weighted by molar-refractivity contribution is 5.31. The van der Waals surface area contributed by atoms with Gasteiger partial charge in [0, 0.05) is 6.04 Å².